The van der Waals surface area contributed by atoms with E-state index < -0.39 is 12.7 Å². The van der Waals surface area contributed by atoms with Crippen LogP contribution in [0.15, 0.2) is 30.3 Å². The summed E-state index contributed by atoms with van der Waals surface area (Å²) in [6.07, 6.45) is 1.84. The zero-order valence-corrected chi connectivity index (χ0v) is 9.14. The van der Waals surface area contributed by atoms with Crippen LogP contribution in [0.4, 0.5) is 4.39 Å². The van der Waals surface area contributed by atoms with Gasteiger partial charge in [-0.2, -0.15) is 0 Å². The first-order chi connectivity index (χ1) is 8.11. The topological polar surface area (TPSA) is 69.6 Å². The van der Waals surface area contributed by atoms with Crippen molar-refractivity contribution in [3.8, 4) is 0 Å². The molecule has 0 aromatic heterocycles. The second kappa shape index (κ2) is 6.78. The predicted molar refractivity (Wildman–Crippen MR) is 61.5 cm³/mol. The average Bonchev–Trinajstić information content (AvgIpc) is 2.35. The molecule has 17 heavy (non-hydrogen) atoms. The third-order valence-electron chi connectivity index (χ3n) is 2.02. The van der Waals surface area contributed by atoms with Gasteiger partial charge < -0.3 is 15.5 Å². The molecule has 3 N–H and O–H groups in total. The van der Waals surface area contributed by atoms with E-state index in [4.69, 9.17) is 10.2 Å². The molecule has 1 unspecified atom stereocenters. The number of hydrogen-bond acceptors (Lipinski definition) is 3. The highest BCUT2D eigenvalue weighted by Crippen LogP contribution is 2.04. The standard InChI is InChI=1S/C12H14FNO3/c13-10-4-1-9(2-5-10)3-6-12(17)14-7-11(16)8-15/h1-6,11,15-16H,7-8H2,(H,14,17). The number of amides is 1. The molecule has 0 aliphatic carbocycles. The molecule has 0 spiro atoms. The third kappa shape index (κ3) is 5.24. The summed E-state index contributed by atoms with van der Waals surface area (Å²) in [5.41, 5.74) is 0.698. The number of nitrogens with one attached hydrogen (secondary N) is 1. The van der Waals surface area contributed by atoms with Gasteiger partial charge in [0.25, 0.3) is 0 Å². The van der Waals surface area contributed by atoms with E-state index in [1.807, 2.05) is 0 Å². The monoisotopic (exact) mass is 239 g/mol. The van der Waals surface area contributed by atoms with Gasteiger partial charge in [0.1, 0.15) is 5.82 Å². The lowest BCUT2D eigenvalue weighted by Crippen LogP contribution is -2.32. The van der Waals surface area contributed by atoms with Gasteiger partial charge in [0.15, 0.2) is 0 Å². The van der Waals surface area contributed by atoms with E-state index in [0.717, 1.165) is 0 Å². The molecular formula is C12H14FNO3. The Labute approximate surface area is 98.4 Å². The summed E-state index contributed by atoms with van der Waals surface area (Å²) in [6.45, 7) is -0.412. The van der Waals surface area contributed by atoms with Crippen LogP contribution >= 0.6 is 0 Å². The summed E-state index contributed by atoms with van der Waals surface area (Å²) in [5, 5.41) is 19.9. The van der Waals surface area contributed by atoms with Crippen LogP contribution in [0.25, 0.3) is 6.08 Å². The first-order valence-corrected chi connectivity index (χ1v) is 5.12. The number of carbonyl (C=O) groups is 1. The van der Waals surface area contributed by atoms with Crippen LogP contribution < -0.4 is 5.32 Å². The molecule has 1 aromatic carbocycles. The van der Waals surface area contributed by atoms with Gasteiger partial charge >= 0.3 is 0 Å². The minimum absolute atomic E-state index is 0.0108. The van der Waals surface area contributed by atoms with E-state index in [0.29, 0.717) is 5.56 Å². The van der Waals surface area contributed by atoms with Crippen LogP contribution in [0.2, 0.25) is 0 Å². The Hall–Kier alpha value is -1.72. The summed E-state index contributed by atoms with van der Waals surface area (Å²) in [7, 11) is 0. The van der Waals surface area contributed by atoms with Crippen LogP contribution in [-0.2, 0) is 4.79 Å². The Morgan fingerprint density at radius 1 is 1.41 bits per heavy atom. The zero-order valence-electron chi connectivity index (χ0n) is 9.14. The highest BCUT2D eigenvalue weighted by molar-refractivity contribution is 5.91. The molecule has 0 fully saturated rings. The van der Waals surface area contributed by atoms with E-state index in [1.54, 1.807) is 12.1 Å². The Morgan fingerprint density at radius 2 is 2.06 bits per heavy atom. The minimum Gasteiger partial charge on any atom is -0.394 e. The number of halogens is 1. The molecule has 1 amide bonds. The maximum Gasteiger partial charge on any atom is 0.244 e. The molecule has 5 heteroatoms. The second-order valence-corrected chi connectivity index (χ2v) is 3.47. The molecule has 0 saturated heterocycles. The number of aliphatic hydroxyl groups is 2. The van der Waals surface area contributed by atoms with Crippen LogP contribution in [0.1, 0.15) is 5.56 Å². The first kappa shape index (κ1) is 13.3. The van der Waals surface area contributed by atoms with Crippen molar-refractivity contribution in [3.05, 3.63) is 41.7 Å². The zero-order chi connectivity index (χ0) is 12.7. The summed E-state index contributed by atoms with van der Waals surface area (Å²) in [6, 6.07) is 5.68. The van der Waals surface area contributed by atoms with Crippen LogP contribution in [0.5, 0.6) is 0 Å². The summed E-state index contributed by atoms with van der Waals surface area (Å²) in [4.78, 5) is 11.2. The van der Waals surface area contributed by atoms with Gasteiger partial charge in [-0.05, 0) is 23.8 Å². The van der Waals surface area contributed by atoms with Crippen LogP contribution in [-0.4, -0.2) is 35.4 Å². The Balaban J connectivity index is 2.42. The molecule has 0 aliphatic heterocycles. The highest BCUT2D eigenvalue weighted by atomic mass is 19.1. The molecule has 0 bridgehead atoms. The first-order valence-electron chi connectivity index (χ1n) is 5.12. The van der Waals surface area contributed by atoms with Crippen molar-refractivity contribution in [2.24, 2.45) is 0 Å². The number of hydrogen-bond donors (Lipinski definition) is 3. The fourth-order valence-corrected chi connectivity index (χ4v) is 1.09. The Kier molecular flexibility index (Phi) is 5.32. The quantitative estimate of drug-likeness (QED) is 0.648. The normalized spacial score (nSPS) is 12.6. The summed E-state index contributed by atoms with van der Waals surface area (Å²) < 4.78 is 12.6. The summed E-state index contributed by atoms with van der Waals surface area (Å²) in [5.74, 6) is -0.723. The molecule has 0 heterocycles. The SMILES string of the molecule is O=C(C=Cc1ccc(F)cc1)NCC(O)CO. The fourth-order valence-electron chi connectivity index (χ4n) is 1.09. The van der Waals surface area contributed by atoms with E-state index in [2.05, 4.69) is 5.32 Å². The van der Waals surface area contributed by atoms with Crippen molar-refractivity contribution >= 4 is 12.0 Å². The van der Waals surface area contributed by atoms with Crippen molar-refractivity contribution in [3.63, 3.8) is 0 Å². The second-order valence-electron chi connectivity index (χ2n) is 3.47. The number of benzene rings is 1. The van der Waals surface area contributed by atoms with Crippen molar-refractivity contribution in [2.75, 3.05) is 13.2 Å². The molecule has 92 valence electrons. The van der Waals surface area contributed by atoms with Gasteiger partial charge in [-0.3, -0.25) is 4.79 Å². The molecule has 0 aliphatic rings. The maximum atomic E-state index is 12.6. The molecule has 1 rings (SSSR count). The number of carbonyl (C=O) groups excluding carboxylic acids is 1. The number of rotatable bonds is 5. The van der Waals surface area contributed by atoms with Crippen LogP contribution in [0.3, 0.4) is 0 Å². The molecule has 1 atom stereocenters. The van der Waals surface area contributed by atoms with Gasteiger partial charge in [-0.15, -0.1) is 0 Å². The van der Waals surface area contributed by atoms with Gasteiger partial charge in [0.2, 0.25) is 5.91 Å². The smallest absolute Gasteiger partial charge is 0.244 e. The predicted octanol–water partition coefficient (Wildman–Crippen LogP) is 0.308. The van der Waals surface area contributed by atoms with Gasteiger partial charge in [-0.25, -0.2) is 4.39 Å². The number of aliphatic hydroxyl groups excluding tert-OH is 2. The maximum absolute atomic E-state index is 12.6. The molecule has 0 saturated carbocycles. The van der Waals surface area contributed by atoms with Crippen molar-refractivity contribution in [1.82, 2.24) is 5.32 Å². The van der Waals surface area contributed by atoms with Crippen molar-refractivity contribution in [2.45, 2.75) is 6.10 Å². The third-order valence-corrected chi connectivity index (χ3v) is 2.02. The minimum atomic E-state index is -0.960. The van der Waals surface area contributed by atoms with Crippen LogP contribution in [0, 0.1) is 5.82 Å². The molecular weight excluding hydrogens is 225 g/mol. The van der Waals surface area contributed by atoms with Crippen molar-refractivity contribution < 1.29 is 19.4 Å². The molecule has 1 aromatic rings. The van der Waals surface area contributed by atoms with E-state index >= 15 is 0 Å². The molecule has 4 nitrogen and oxygen atoms in total. The van der Waals surface area contributed by atoms with Crippen molar-refractivity contribution in [1.29, 1.82) is 0 Å². The summed E-state index contributed by atoms with van der Waals surface area (Å²) >= 11 is 0. The lowest BCUT2D eigenvalue weighted by Gasteiger charge is -2.06. The van der Waals surface area contributed by atoms with E-state index in [1.165, 1.54) is 24.3 Å². The lowest BCUT2D eigenvalue weighted by molar-refractivity contribution is -0.117. The molecule has 0 radical (unpaired) electrons. The van der Waals surface area contributed by atoms with E-state index in [-0.39, 0.29) is 18.3 Å². The highest BCUT2D eigenvalue weighted by Gasteiger charge is 2.02. The lowest BCUT2D eigenvalue weighted by atomic mass is 10.2. The van der Waals surface area contributed by atoms with E-state index in [9.17, 15) is 9.18 Å². The Bertz CT molecular complexity index is 389. The van der Waals surface area contributed by atoms with Gasteiger partial charge in [0.05, 0.1) is 12.7 Å². The Morgan fingerprint density at radius 3 is 2.65 bits per heavy atom. The van der Waals surface area contributed by atoms with Gasteiger partial charge in [-0.1, -0.05) is 12.1 Å². The largest absolute Gasteiger partial charge is 0.394 e. The average molecular weight is 239 g/mol. The fraction of sp³-hybridized carbons (Fsp3) is 0.250. The van der Waals surface area contributed by atoms with Gasteiger partial charge in [0, 0.05) is 12.6 Å².